The molecule has 0 radical (unpaired) electrons. The van der Waals surface area contributed by atoms with Crippen LogP contribution in [0.4, 0.5) is 0 Å². The molecule has 0 fully saturated rings. The molecule has 124 heavy (non-hydrogen) atoms. The number of fused-ring (bicyclic) bond motifs is 27. The van der Waals surface area contributed by atoms with Crippen molar-refractivity contribution >= 4 is 184 Å². The second kappa shape index (κ2) is 27.6. The van der Waals surface area contributed by atoms with Gasteiger partial charge >= 0.3 is 0 Å². The third-order valence-corrected chi connectivity index (χ3v) is 26.7. The second-order valence-electron chi connectivity index (χ2n) is 33.4. The van der Waals surface area contributed by atoms with E-state index in [1.54, 1.807) is 0 Å². The molecule has 0 unspecified atom stereocenters. The zero-order valence-corrected chi connectivity index (χ0v) is 67.5. The molecule has 0 aliphatic carbocycles. The molecular formula is C120H74N4. The fraction of sp³-hybridized carbons (Fsp3) is 0. The van der Waals surface area contributed by atoms with Crippen molar-refractivity contribution in [3.05, 3.63) is 449 Å². The van der Waals surface area contributed by atoms with Crippen LogP contribution in [0.1, 0.15) is 0 Å². The lowest BCUT2D eigenvalue weighted by molar-refractivity contribution is 1.18. The fourth-order valence-corrected chi connectivity index (χ4v) is 21.0. The molecule has 27 aromatic rings. The molecule has 0 aliphatic rings. The first kappa shape index (κ1) is 69.5. The van der Waals surface area contributed by atoms with Gasteiger partial charge in [-0.05, 0) is 275 Å². The van der Waals surface area contributed by atoms with E-state index in [-0.39, 0.29) is 0 Å². The van der Waals surface area contributed by atoms with Crippen molar-refractivity contribution in [1.82, 2.24) is 18.3 Å². The van der Waals surface area contributed by atoms with E-state index in [9.17, 15) is 0 Å². The van der Waals surface area contributed by atoms with Gasteiger partial charge in [0.15, 0.2) is 0 Å². The Morgan fingerprint density at radius 2 is 0.411 bits per heavy atom. The monoisotopic (exact) mass is 1570 g/mol. The molecule has 0 spiro atoms. The molecule has 4 aromatic heterocycles. The normalized spacial score (nSPS) is 12.0. The van der Waals surface area contributed by atoms with Crippen molar-refractivity contribution in [2.75, 3.05) is 0 Å². The van der Waals surface area contributed by atoms with Gasteiger partial charge in [0.1, 0.15) is 0 Å². The summed E-state index contributed by atoms with van der Waals surface area (Å²) in [6, 6.07) is 166. The van der Waals surface area contributed by atoms with Crippen molar-refractivity contribution in [1.29, 1.82) is 0 Å². The van der Waals surface area contributed by atoms with Gasteiger partial charge in [-0.15, -0.1) is 0 Å². The molecule has 0 bridgehead atoms. The van der Waals surface area contributed by atoms with E-state index < -0.39 is 0 Å². The Morgan fingerprint density at radius 3 is 0.895 bits per heavy atom. The molecule has 4 heterocycles. The largest absolute Gasteiger partial charge is 0.309 e. The Bertz CT molecular complexity index is 9200. The Morgan fingerprint density at radius 1 is 0.113 bits per heavy atom. The van der Waals surface area contributed by atoms with Crippen LogP contribution in [0.5, 0.6) is 0 Å². The first-order valence-electron chi connectivity index (χ1n) is 42.9. The third kappa shape index (κ3) is 10.8. The third-order valence-electron chi connectivity index (χ3n) is 26.7. The molecule has 27 rings (SSSR count). The van der Waals surface area contributed by atoms with E-state index in [2.05, 4.69) is 467 Å². The van der Waals surface area contributed by atoms with Crippen LogP contribution in [-0.4, -0.2) is 18.3 Å². The number of para-hydroxylation sites is 4. The molecule has 4 heteroatoms. The quantitative estimate of drug-likeness (QED) is 0.135. The van der Waals surface area contributed by atoms with Gasteiger partial charge in [0.25, 0.3) is 0 Å². The summed E-state index contributed by atoms with van der Waals surface area (Å²) >= 11 is 0. The average molecular weight is 1570 g/mol. The maximum atomic E-state index is 2.45. The van der Waals surface area contributed by atoms with Crippen LogP contribution in [0, 0.1) is 0 Å². The van der Waals surface area contributed by atoms with Crippen LogP contribution in [0.25, 0.3) is 251 Å². The van der Waals surface area contributed by atoms with Crippen molar-refractivity contribution in [2.45, 2.75) is 0 Å². The van der Waals surface area contributed by atoms with Crippen LogP contribution < -0.4 is 0 Å². The Balaban J connectivity index is 0.000000133. The first-order chi connectivity index (χ1) is 61.5. The predicted octanol–water partition coefficient (Wildman–Crippen LogP) is 32.8. The maximum absolute atomic E-state index is 2.45. The SMILES string of the molecule is c1cc(-c2cc3c4ccccc4c4ccccc4c3c3ccccc23)cc(-n2c3ccccc3c3cc(-c4ccc5c(c4)c4ccccc4n5-c4ccc5ccccc5c4)ccc32)c1.c1ccc2cc(-n3c4ccccc4c4cc(-c5ccc6c(c5)c5ccccc5n6-c5ccc(-c6ccc7c(ccc8c9ccccc9ccc78)c6)cc5)ccc43)ccc2c1. The lowest BCUT2D eigenvalue weighted by atomic mass is 9.87. The van der Waals surface area contributed by atoms with Crippen molar-refractivity contribution in [2.24, 2.45) is 0 Å². The van der Waals surface area contributed by atoms with E-state index in [1.807, 2.05) is 0 Å². The minimum Gasteiger partial charge on any atom is -0.309 e. The van der Waals surface area contributed by atoms with Crippen molar-refractivity contribution in [3.63, 3.8) is 0 Å². The van der Waals surface area contributed by atoms with Gasteiger partial charge in [0.05, 0.1) is 44.1 Å². The molecule has 0 amide bonds. The molecule has 0 saturated heterocycles. The van der Waals surface area contributed by atoms with Crippen molar-refractivity contribution < 1.29 is 0 Å². The van der Waals surface area contributed by atoms with Crippen LogP contribution in [0.15, 0.2) is 449 Å². The summed E-state index contributed by atoms with van der Waals surface area (Å²) in [7, 11) is 0. The number of hydrogen-bond acceptors (Lipinski definition) is 0. The van der Waals surface area contributed by atoms with Gasteiger partial charge in [0.2, 0.25) is 0 Å². The molecule has 574 valence electrons. The summed E-state index contributed by atoms with van der Waals surface area (Å²) in [5.41, 5.74) is 24.0. The van der Waals surface area contributed by atoms with Crippen LogP contribution in [-0.2, 0) is 0 Å². The number of nitrogens with zero attached hydrogens (tertiary/aromatic N) is 4. The minimum atomic E-state index is 1.15. The second-order valence-corrected chi connectivity index (χ2v) is 33.4. The molecule has 23 aromatic carbocycles. The van der Waals surface area contributed by atoms with Gasteiger partial charge < -0.3 is 18.3 Å². The lowest BCUT2D eigenvalue weighted by Crippen LogP contribution is -1.95. The summed E-state index contributed by atoms with van der Waals surface area (Å²) in [5.74, 6) is 0. The predicted molar refractivity (Wildman–Crippen MR) is 530 cm³/mol. The van der Waals surface area contributed by atoms with Gasteiger partial charge in [0, 0.05) is 65.8 Å². The maximum Gasteiger partial charge on any atom is 0.0541 e. The van der Waals surface area contributed by atoms with Crippen molar-refractivity contribution in [3.8, 4) is 67.3 Å². The van der Waals surface area contributed by atoms with Gasteiger partial charge in [-0.25, -0.2) is 0 Å². The lowest BCUT2D eigenvalue weighted by Gasteiger charge is -2.17. The van der Waals surface area contributed by atoms with E-state index in [1.165, 1.54) is 240 Å². The highest BCUT2D eigenvalue weighted by molar-refractivity contribution is 6.33. The van der Waals surface area contributed by atoms with Crippen LogP contribution >= 0.6 is 0 Å². The summed E-state index contributed by atoms with van der Waals surface area (Å²) in [5, 5.41) is 33.0. The van der Waals surface area contributed by atoms with Crippen LogP contribution in [0.2, 0.25) is 0 Å². The van der Waals surface area contributed by atoms with Crippen LogP contribution in [0.3, 0.4) is 0 Å². The summed E-state index contributed by atoms with van der Waals surface area (Å²) in [4.78, 5) is 0. The van der Waals surface area contributed by atoms with Gasteiger partial charge in [-0.3, -0.25) is 0 Å². The summed E-state index contributed by atoms with van der Waals surface area (Å²) < 4.78 is 9.68. The fourth-order valence-electron chi connectivity index (χ4n) is 21.0. The highest BCUT2D eigenvalue weighted by Gasteiger charge is 2.23. The average Bonchev–Trinajstić information content (AvgIpc) is 1.10. The van der Waals surface area contributed by atoms with Gasteiger partial charge in [-0.1, -0.05) is 315 Å². The number of aromatic nitrogens is 4. The molecule has 0 N–H and O–H groups in total. The molecule has 4 nitrogen and oxygen atoms in total. The number of hydrogen-bond donors (Lipinski definition) is 0. The molecule has 0 atom stereocenters. The summed E-state index contributed by atoms with van der Waals surface area (Å²) in [6.07, 6.45) is 0. The zero-order valence-electron chi connectivity index (χ0n) is 67.5. The minimum absolute atomic E-state index is 1.15. The zero-order chi connectivity index (χ0) is 81.2. The number of benzene rings is 23. The molecule has 0 saturated carbocycles. The first-order valence-corrected chi connectivity index (χ1v) is 42.9. The van der Waals surface area contributed by atoms with E-state index in [4.69, 9.17) is 0 Å². The Hall–Kier alpha value is -16.4. The van der Waals surface area contributed by atoms with E-state index in [0.717, 1.165) is 11.4 Å². The van der Waals surface area contributed by atoms with Gasteiger partial charge in [-0.2, -0.15) is 0 Å². The van der Waals surface area contributed by atoms with E-state index in [0.29, 0.717) is 0 Å². The summed E-state index contributed by atoms with van der Waals surface area (Å²) in [6.45, 7) is 0. The highest BCUT2D eigenvalue weighted by atomic mass is 15.0. The molecular weight excluding hydrogens is 1500 g/mol. The van der Waals surface area contributed by atoms with E-state index >= 15 is 0 Å². The Labute approximate surface area is 713 Å². The Kier molecular flexibility index (Phi) is 15.5. The highest BCUT2D eigenvalue weighted by Crippen LogP contribution is 2.47. The molecule has 0 aliphatic heterocycles. The number of rotatable bonds is 8. The smallest absolute Gasteiger partial charge is 0.0541 e. The standard InChI is InChI=1S/C62H38N2.C58H36N2/c1-2-15-40-34-45(31-28-39(40)14-1)64-59-27-12-10-23-51(59)56-37-42(30-33-61(56)64)41-29-32-60-55(36-41)50-22-9-11-26-58(50)63(60)44-17-13-16-43(35-44)54-38-57-48-20-4-3-18-46(48)47-19-5-7-24-52(47)62(57)53-25-8-6-21-49(53)54;1-2-11-40-34-46(27-19-37(40)9-1)60-56-16-8-6-14-52(56)54-36-43(24-32-58(54)60)42-23-31-57-53(35-42)51-13-5-7-15-55(51)59(57)45-25-17-38(18-26-45)41-21-28-48-44(33-41)22-30-49-47-12-4-3-10-39(47)20-29-50(48)49/h1-38H;1-36H. The topological polar surface area (TPSA) is 19.7 Å².